The fraction of sp³-hybridized carbons (Fsp3) is 0.500. The van der Waals surface area contributed by atoms with E-state index in [1.54, 1.807) is 0 Å². The average Bonchev–Trinajstić information content (AvgIpc) is 2.33. The van der Waals surface area contributed by atoms with Gasteiger partial charge >= 0.3 is 0 Å². The van der Waals surface area contributed by atoms with Crippen LogP contribution in [-0.2, 0) is 13.0 Å². The third-order valence-corrected chi connectivity index (χ3v) is 3.80. The molecule has 3 rings (SSSR count). The normalized spacial score (nSPS) is 19.3. The standard InChI is InChI=1S/C14H18N2O/c17-14(16-13-2-1-3-13)11-5-4-10-6-7-15-9-12(10)8-11/h4-5,8,13,15H,1-3,6-7,9H2,(H,16,17). The smallest absolute Gasteiger partial charge is 0.251 e. The van der Waals surface area contributed by atoms with Crippen molar-refractivity contribution >= 4 is 5.91 Å². The van der Waals surface area contributed by atoms with Crippen LogP contribution in [-0.4, -0.2) is 18.5 Å². The van der Waals surface area contributed by atoms with Gasteiger partial charge in [0.05, 0.1) is 0 Å². The van der Waals surface area contributed by atoms with E-state index in [4.69, 9.17) is 0 Å². The second kappa shape index (κ2) is 4.49. The van der Waals surface area contributed by atoms with Gasteiger partial charge < -0.3 is 10.6 Å². The Morgan fingerprint density at radius 2 is 2.18 bits per heavy atom. The van der Waals surface area contributed by atoms with Crippen molar-refractivity contribution in [1.82, 2.24) is 10.6 Å². The maximum atomic E-state index is 12.0. The molecule has 90 valence electrons. The number of benzene rings is 1. The highest BCUT2D eigenvalue weighted by Crippen LogP contribution is 2.20. The van der Waals surface area contributed by atoms with Crippen molar-refractivity contribution in [3.8, 4) is 0 Å². The maximum absolute atomic E-state index is 12.0. The molecule has 1 heterocycles. The molecule has 17 heavy (non-hydrogen) atoms. The fourth-order valence-electron chi connectivity index (χ4n) is 2.44. The summed E-state index contributed by atoms with van der Waals surface area (Å²) in [5.74, 6) is 0.0862. The fourth-order valence-corrected chi connectivity index (χ4v) is 2.44. The molecule has 1 aromatic rings. The Labute approximate surface area is 102 Å². The lowest BCUT2D eigenvalue weighted by molar-refractivity contribution is 0.0917. The summed E-state index contributed by atoms with van der Waals surface area (Å²) in [6.45, 7) is 1.93. The first-order chi connectivity index (χ1) is 8.33. The first-order valence-electron chi connectivity index (χ1n) is 6.46. The Balaban J connectivity index is 1.75. The first-order valence-corrected chi connectivity index (χ1v) is 6.46. The zero-order valence-electron chi connectivity index (χ0n) is 9.96. The summed E-state index contributed by atoms with van der Waals surface area (Å²) in [5, 5.41) is 6.42. The molecular weight excluding hydrogens is 212 g/mol. The van der Waals surface area contributed by atoms with Crippen molar-refractivity contribution in [1.29, 1.82) is 0 Å². The van der Waals surface area contributed by atoms with Crippen molar-refractivity contribution in [2.75, 3.05) is 6.54 Å². The van der Waals surface area contributed by atoms with E-state index in [2.05, 4.69) is 16.7 Å². The molecule has 1 aliphatic carbocycles. The van der Waals surface area contributed by atoms with Gasteiger partial charge in [-0.25, -0.2) is 0 Å². The van der Waals surface area contributed by atoms with Gasteiger partial charge in [-0.3, -0.25) is 4.79 Å². The van der Waals surface area contributed by atoms with Crippen molar-refractivity contribution in [2.24, 2.45) is 0 Å². The van der Waals surface area contributed by atoms with E-state index in [-0.39, 0.29) is 5.91 Å². The highest BCUT2D eigenvalue weighted by atomic mass is 16.1. The molecule has 1 saturated carbocycles. The van der Waals surface area contributed by atoms with Gasteiger partial charge in [-0.1, -0.05) is 6.07 Å². The van der Waals surface area contributed by atoms with Crippen LogP contribution in [0.3, 0.4) is 0 Å². The van der Waals surface area contributed by atoms with E-state index in [1.165, 1.54) is 17.5 Å². The van der Waals surface area contributed by atoms with Crippen molar-refractivity contribution < 1.29 is 4.79 Å². The van der Waals surface area contributed by atoms with E-state index in [0.29, 0.717) is 6.04 Å². The number of nitrogens with one attached hydrogen (secondary N) is 2. The molecule has 0 aromatic heterocycles. The lowest BCUT2D eigenvalue weighted by Gasteiger charge is -2.26. The quantitative estimate of drug-likeness (QED) is 0.810. The molecule has 0 unspecified atom stereocenters. The molecule has 1 aromatic carbocycles. The van der Waals surface area contributed by atoms with Crippen LogP contribution in [0.4, 0.5) is 0 Å². The molecule has 0 bridgehead atoms. The van der Waals surface area contributed by atoms with Crippen LogP contribution < -0.4 is 10.6 Å². The largest absolute Gasteiger partial charge is 0.349 e. The molecule has 2 N–H and O–H groups in total. The minimum atomic E-state index is 0.0862. The van der Waals surface area contributed by atoms with E-state index >= 15 is 0 Å². The van der Waals surface area contributed by atoms with Crippen LogP contribution in [0.1, 0.15) is 40.7 Å². The molecule has 3 heteroatoms. The van der Waals surface area contributed by atoms with E-state index in [9.17, 15) is 4.79 Å². The molecule has 1 fully saturated rings. The molecule has 0 atom stereocenters. The Morgan fingerprint density at radius 3 is 2.94 bits per heavy atom. The number of fused-ring (bicyclic) bond motifs is 1. The number of rotatable bonds is 2. The van der Waals surface area contributed by atoms with Gasteiger partial charge in [-0.15, -0.1) is 0 Å². The van der Waals surface area contributed by atoms with Crippen LogP contribution >= 0.6 is 0 Å². The van der Waals surface area contributed by atoms with Gasteiger partial charge in [-0.2, -0.15) is 0 Å². The van der Waals surface area contributed by atoms with E-state index in [0.717, 1.165) is 37.9 Å². The predicted molar refractivity (Wildman–Crippen MR) is 67.0 cm³/mol. The predicted octanol–water partition coefficient (Wildman–Crippen LogP) is 1.61. The Kier molecular flexibility index (Phi) is 2.85. The van der Waals surface area contributed by atoms with Crippen LogP contribution in [0.5, 0.6) is 0 Å². The summed E-state index contributed by atoms with van der Waals surface area (Å²) >= 11 is 0. The number of hydrogen-bond donors (Lipinski definition) is 2. The van der Waals surface area contributed by atoms with Crippen LogP contribution in [0.15, 0.2) is 18.2 Å². The van der Waals surface area contributed by atoms with Gasteiger partial charge in [0.1, 0.15) is 0 Å². The molecule has 0 spiro atoms. The second-order valence-corrected chi connectivity index (χ2v) is 5.01. The number of carbonyl (C=O) groups is 1. The summed E-state index contributed by atoms with van der Waals surface area (Å²) in [4.78, 5) is 12.0. The maximum Gasteiger partial charge on any atom is 0.251 e. The Hall–Kier alpha value is -1.35. The minimum absolute atomic E-state index is 0.0862. The van der Waals surface area contributed by atoms with Crippen LogP contribution in [0.2, 0.25) is 0 Å². The Morgan fingerprint density at radius 1 is 1.29 bits per heavy atom. The summed E-state index contributed by atoms with van der Waals surface area (Å²) in [7, 11) is 0. The first kappa shape index (κ1) is 10.8. The molecule has 0 saturated heterocycles. The molecule has 0 radical (unpaired) electrons. The summed E-state index contributed by atoms with van der Waals surface area (Å²) in [6, 6.07) is 6.51. The molecule has 1 amide bonds. The topological polar surface area (TPSA) is 41.1 Å². The summed E-state index contributed by atoms with van der Waals surface area (Å²) in [6.07, 6.45) is 4.59. The van der Waals surface area contributed by atoms with Gasteiger partial charge in [0, 0.05) is 18.2 Å². The van der Waals surface area contributed by atoms with Crippen LogP contribution in [0.25, 0.3) is 0 Å². The van der Waals surface area contributed by atoms with Crippen LogP contribution in [0, 0.1) is 0 Å². The second-order valence-electron chi connectivity index (χ2n) is 5.01. The zero-order valence-corrected chi connectivity index (χ0v) is 9.96. The lowest BCUT2D eigenvalue weighted by atomic mass is 9.92. The SMILES string of the molecule is O=C(NC1CCC1)c1ccc2c(c1)CNCC2. The summed E-state index contributed by atoms with van der Waals surface area (Å²) < 4.78 is 0. The van der Waals surface area contributed by atoms with E-state index in [1.807, 2.05) is 12.1 Å². The zero-order chi connectivity index (χ0) is 11.7. The highest BCUT2D eigenvalue weighted by molar-refractivity contribution is 5.94. The van der Waals surface area contributed by atoms with Gasteiger partial charge in [0.15, 0.2) is 0 Å². The summed E-state index contributed by atoms with van der Waals surface area (Å²) in [5.41, 5.74) is 3.46. The van der Waals surface area contributed by atoms with Crippen molar-refractivity contribution in [3.63, 3.8) is 0 Å². The lowest BCUT2D eigenvalue weighted by Crippen LogP contribution is -2.39. The monoisotopic (exact) mass is 230 g/mol. The number of hydrogen-bond acceptors (Lipinski definition) is 2. The molecular formula is C14H18N2O. The van der Waals surface area contributed by atoms with Crippen molar-refractivity contribution in [3.05, 3.63) is 34.9 Å². The van der Waals surface area contributed by atoms with Gasteiger partial charge in [-0.05, 0) is 55.5 Å². The molecule has 1 aliphatic heterocycles. The molecule has 2 aliphatic rings. The van der Waals surface area contributed by atoms with Gasteiger partial charge in [0.2, 0.25) is 0 Å². The van der Waals surface area contributed by atoms with Crippen molar-refractivity contribution in [2.45, 2.75) is 38.3 Å². The highest BCUT2D eigenvalue weighted by Gasteiger charge is 2.20. The third kappa shape index (κ3) is 2.20. The minimum Gasteiger partial charge on any atom is -0.349 e. The Bertz CT molecular complexity index is 438. The van der Waals surface area contributed by atoms with E-state index < -0.39 is 0 Å². The number of amides is 1. The average molecular weight is 230 g/mol. The molecule has 3 nitrogen and oxygen atoms in total. The van der Waals surface area contributed by atoms with Gasteiger partial charge in [0.25, 0.3) is 5.91 Å². The third-order valence-electron chi connectivity index (χ3n) is 3.80. The number of carbonyl (C=O) groups excluding carboxylic acids is 1.